The van der Waals surface area contributed by atoms with Gasteiger partial charge in [0.05, 0.1) is 6.61 Å². The van der Waals surface area contributed by atoms with Gasteiger partial charge in [0.1, 0.15) is 0 Å². The Morgan fingerprint density at radius 2 is 1.95 bits per heavy atom. The number of rotatable bonds is 10. The predicted molar refractivity (Wildman–Crippen MR) is 79.1 cm³/mol. The number of nitrogens with zero attached hydrogens (tertiary/aromatic N) is 1. The van der Waals surface area contributed by atoms with Crippen molar-refractivity contribution >= 4 is 5.69 Å². The molecular weight excluding hydrogens is 240 g/mol. The van der Waals surface area contributed by atoms with Gasteiger partial charge >= 0.3 is 0 Å². The lowest BCUT2D eigenvalue weighted by Crippen LogP contribution is -2.27. The second-order valence-electron chi connectivity index (χ2n) is 4.53. The number of nitrogens with two attached hydrogens (primary N) is 1. The second-order valence-corrected chi connectivity index (χ2v) is 4.53. The van der Waals surface area contributed by atoms with Crippen LogP contribution in [0, 0.1) is 0 Å². The van der Waals surface area contributed by atoms with Crippen LogP contribution in [0.3, 0.4) is 0 Å². The first-order valence-electron chi connectivity index (χ1n) is 6.90. The van der Waals surface area contributed by atoms with Crippen LogP contribution in [0.15, 0.2) is 24.3 Å². The Morgan fingerprint density at radius 3 is 2.63 bits per heavy atom. The van der Waals surface area contributed by atoms with Crippen molar-refractivity contribution in [1.29, 1.82) is 0 Å². The van der Waals surface area contributed by atoms with Crippen LogP contribution in [-0.2, 0) is 16.0 Å². The molecule has 4 nitrogen and oxygen atoms in total. The number of likely N-dealkylation sites (N-methyl/N-ethyl adjacent to an activating group) is 1. The lowest BCUT2D eigenvalue weighted by Gasteiger charge is -2.21. The molecule has 0 radical (unpaired) electrons. The maximum atomic E-state index is 5.96. The van der Waals surface area contributed by atoms with E-state index in [2.05, 4.69) is 17.9 Å². The molecule has 108 valence electrons. The third-order valence-corrected chi connectivity index (χ3v) is 3.09. The van der Waals surface area contributed by atoms with Gasteiger partial charge in [0.15, 0.2) is 0 Å². The summed E-state index contributed by atoms with van der Waals surface area (Å²) in [7, 11) is 1.71. The summed E-state index contributed by atoms with van der Waals surface area (Å²) in [6, 6.07) is 8.02. The zero-order chi connectivity index (χ0) is 13.9. The lowest BCUT2D eigenvalue weighted by molar-refractivity contribution is 0.0833. The summed E-state index contributed by atoms with van der Waals surface area (Å²) in [5.74, 6) is 0. The van der Waals surface area contributed by atoms with Crippen molar-refractivity contribution in [2.75, 3.05) is 45.8 Å². The van der Waals surface area contributed by atoms with Crippen molar-refractivity contribution in [2.24, 2.45) is 0 Å². The maximum Gasteiger partial charge on any atom is 0.0593 e. The van der Waals surface area contributed by atoms with E-state index in [0.29, 0.717) is 0 Å². The van der Waals surface area contributed by atoms with Crippen molar-refractivity contribution in [2.45, 2.75) is 19.9 Å². The number of nitrogen functional groups attached to an aromatic ring is 1. The molecular formula is C15H26N2O2. The molecule has 0 spiro atoms. The topological polar surface area (TPSA) is 47.7 Å². The number of methoxy groups -OCH3 is 1. The zero-order valence-corrected chi connectivity index (χ0v) is 12.1. The van der Waals surface area contributed by atoms with Crippen LogP contribution in [0.5, 0.6) is 0 Å². The largest absolute Gasteiger partial charge is 0.398 e. The number of hydrogen-bond acceptors (Lipinski definition) is 4. The number of ether oxygens (including phenoxy) is 2. The molecule has 1 aromatic rings. The van der Waals surface area contributed by atoms with Gasteiger partial charge in [-0.25, -0.2) is 0 Å². The summed E-state index contributed by atoms with van der Waals surface area (Å²) in [6.45, 7) is 7.24. The molecule has 19 heavy (non-hydrogen) atoms. The number of hydrogen-bond donors (Lipinski definition) is 1. The molecule has 0 unspecified atom stereocenters. The van der Waals surface area contributed by atoms with Gasteiger partial charge < -0.3 is 15.2 Å². The number of anilines is 1. The van der Waals surface area contributed by atoms with E-state index in [1.165, 1.54) is 5.56 Å². The summed E-state index contributed by atoms with van der Waals surface area (Å²) in [5, 5.41) is 0. The smallest absolute Gasteiger partial charge is 0.0593 e. The fraction of sp³-hybridized carbons (Fsp3) is 0.600. The molecule has 0 aromatic heterocycles. The van der Waals surface area contributed by atoms with Crippen LogP contribution in [0.1, 0.15) is 18.9 Å². The fourth-order valence-electron chi connectivity index (χ4n) is 1.87. The van der Waals surface area contributed by atoms with Crippen molar-refractivity contribution in [1.82, 2.24) is 4.90 Å². The van der Waals surface area contributed by atoms with Gasteiger partial charge in [0.25, 0.3) is 0 Å². The summed E-state index contributed by atoms with van der Waals surface area (Å²) < 4.78 is 10.6. The van der Waals surface area contributed by atoms with E-state index >= 15 is 0 Å². The quantitative estimate of drug-likeness (QED) is 0.521. The Balaban J connectivity index is 2.24. The molecule has 0 saturated heterocycles. The maximum absolute atomic E-state index is 5.96. The number of para-hydroxylation sites is 1. The first kappa shape index (κ1) is 16.0. The Morgan fingerprint density at radius 1 is 1.16 bits per heavy atom. The Kier molecular flexibility index (Phi) is 8.21. The fourth-order valence-corrected chi connectivity index (χ4v) is 1.87. The van der Waals surface area contributed by atoms with E-state index in [9.17, 15) is 0 Å². The minimum Gasteiger partial charge on any atom is -0.398 e. The normalized spacial score (nSPS) is 11.1. The molecule has 0 saturated carbocycles. The molecule has 2 N–H and O–H groups in total. The molecule has 0 aliphatic rings. The number of benzene rings is 1. The minimum atomic E-state index is 0.754. The lowest BCUT2D eigenvalue weighted by atomic mass is 10.1. The van der Waals surface area contributed by atoms with Crippen LogP contribution < -0.4 is 5.73 Å². The van der Waals surface area contributed by atoms with E-state index in [4.69, 9.17) is 15.2 Å². The molecule has 1 rings (SSSR count). The standard InChI is InChI=1S/C15H26N2O2/c1-3-17(9-12-19-11-6-10-18-2)13-14-7-4-5-8-15(14)16/h4-5,7-8H,3,6,9-13,16H2,1-2H3. The summed E-state index contributed by atoms with van der Waals surface area (Å²) in [4.78, 5) is 2.34. The van der Waals surface area contributed by atoms with Gasteiger partial charge in [-0.3, -0.25) is 4.90 Å². The van der Waals surface area contributed by atoms with Gasteiger partial charge in [-0.15, -0.1) is 0 Å². The molecule has 0 fully saturated rings. The molecule has 0 atom stereocenters. The van der Waals surface area contributed by atoms with Gasteiger partial charge in [0, 0.05) is 39.1 Å². The summed E-state index contributed by atoms with van der Waals surface area (Å²) in [6.07, 6.45) is 0.953. The molecule has 0 aliphatic carbocycles. The van der Waals surface area contributed by atoms with Crippen LogP contribution in [0.2, 0.25) is 0 Å². The first-order chi connectivity index (χ1) is 9.27. The summed E-state index contributed by atoms with van der Waals surface area (Å²) >= 11 is 0. The van der Waals surface area contributed by atoms with Crippen LogP contribution in [-0.4, -0.2) is 44.9 Å². The van der Waals surface area contributed by atoms with E-state index in [1.54, 1.807) is 7.11 Å². The van der Waals surface area contributed by atoms with Crippen molar-refractivity contribution in [3.8, 4) is 0 Å². The molecule has 1 aromatic carbocycles. The predicted octanol–water partition coefficient (Wildman–Crippen LogP) is 2.14. The van der Waals surface area contributed by atoms with Crippen molar-refractivity contribution in [3.05, 3.63) is 29.8 Å². The average molecular weight is 266 g/mol. The minimum absolute atomic E-state index is 0.754. The Hall–Kier alpha value is -1.10. The third-order valence-electron chi connectivity index (χ3n) is 3.09. The van der Waals surface area contributed by atoms with Crippen molar-refractivity contribution < 1.29 is 9.47 Å². The third kappa shape index (κ3) is 6.57. The highest BCUT2D eigenvalue weighted by atomic mass is 16.5. The van der Waals surface area contributed by atoms with Crippen LogP contribution in [0.25, 0.3) is 0 Å². The van der Waals surface area contributed by atoms with Gasteiger partial charge in [-0.2, -0.15) is 0 Å². The van der Waals surface area contributed by atoms with Gasteiger partial charge in [-0.05, 0) is 24.6 Å². The van der Waals surface area contributed by atoms with E-state index in [-0.39, 0.29) is 0 Å². The second kappa shape index (κ2) is 9.78. The van der Waals surface area contributed by atoms with Gasteiger partial charge in [-0.1, -0.05) is 25.1 Å². The molecule has 0 heterocycles. The highest BCUT2D eigenvalue weighted by molar-refractivity contribution is 5.46. The monoisotopic (exact) mass is 266 g/mol. The molecule has 4 heteroatoms. The van der Waals surface area contributed by atoms with Crippen LogP contribution >= 0.6 is 0 Å². The van der Waals surface area contributed by atoms with Gasteiger partial charge in [0.2, 0.25) is 0 Å². The Labute approximate surface area is 116 Å². The molecule has 0 amide bonds. The van der Waals surface area contributed by atoms with Crippen molar-refractivity contribution in [3.63, 3.8) is 0 Å². The van der Waals surface area contributed by atoms with E-state index < -0.39 is 0 Å². The SMILES string of the molecule is CCN(CCOCCCOC)Cc1ccccc1N. The van der Waals surface area contributed by atoms with E-state index in [1.807, 2.05) is 18.2 Å². The average Bonchev–Trinajstić information content (AvgIpc) is 2.43. The highest BCUT2D eigenvalue weighted by Crippen LogP contribution is 2.12. The first-order valence-corrected chi connectivity index (χ1v) is 6.90. The van der Waals surface area contributed by atoms with E-state index in [0.717, 1.165) is 51.6 Å². The summed E-state index contributed by atoms with van der Waals surface area (Å²) in [5.41, 5.74) is 8.01. The zero-order valence-electron chi connectivity index (χ0n) is 12.1. The molecule has 0 bridgehead atoms. The Bertz CT molecular complexity index is 345. The highest BCUT2D eigenvalue weighted by Gasteiger charge is 2.05. The molecule has 0 aliphatic heterocycles. The van der Waals surface area contributed by atoms with Crippen LogP contribution in [0.4, 0.5) is 5.69 Å².